The topological polar surface area (TPSA) is 38.5 Å². The first-order valence-corrected chi connectivity index (χ1v) is 3.32. The van der Waals surface area contributed by atoms with E-state index in [1.807, 2.05) is 5.01 Å². The van der Waals surface area contributed by atoms with Crippen molar-refractivity contribution in [1.82, 2.24) is 5.01 Å². The minimum Gasteiger partial charge on any atom is -0.378 e. The van der Waals surface area contributed by atoms with E-state index in [0.717, 1.165) is 13.2 Å². The molecule has 0 amide bonds. The highest BCUT2D eigenvalue weighted by Crippen LogP contribution is 2.06. The fourth-order valence-corrected chi connectivity index (χ4v) is 1.02. The summed E-state index contributed by atoms with van der Waals surface area (Å²) in [7, 11) is 0. The number of nitrogens with zero attached hydrogens (tertiary/aromatic N) is 1. The van der Waals surface area contributed by atoms with Crippen LogP contribution in [0.15, 0.2) is 0 Å². The summed E-state index contributed by atoms with van der Waals surface area (Å²) in [5.74, 6) is 5.68. The van der Waals surface area contributed by atoms with E-state index < -0.39 is 0 Å². The molecule has 1 heterocycles. The van der Waals surface area contributed by atoms with E-state index in [1.165, 1.54) is 0 Å². The van der Waals surface area contributed by atoms with Crippen LogP contribution in [-0.2, 0) is 4.74 Å². The molecule has 1 aliphatic heterocycles. The van der Waals surface area contributed by atoms with Crippen molar-refractivity contribution in [3.05, 3.63) is 0 Å². The molecule has 3 nitrogen and oxygen atoms in total. The minimum absolute atomic E-state index is 0.369. The van der Waals surface area contributed by atoms with Crippen molar-refractivity contribution < 1.29 is 4.74 Å². The zero-order valence-electron chi connectivity index (χ0n) is 6.00. The Kier molecular flexibility index (Phi) is 2.05. The maximum atomic E-state index is 5.68. The summed E-state index contributed by atoms with van der Waals surface area (Å²) >= 11 is 0. The highest BCUT2D eigenvalue weighted by molar-refractivity contribution is 4.71. The molecule has 0 aromatic carbocycles. The van der Waals surface area contributed by atoms with E-state index in [0.29, 0.717) is 12.1 Å². The van der Waals surface area contributed by atoms with Crippen LogP contribution in [0.4, 0.5) is 0 Å². The molecule has 1 fully saturated rings. The quantitative estimate of drug-likeness (QED) is 0.468. The van der Waals surface area contributed by atoms with Crippen LogP contribution in [0.5, 0.6) is 0 Å². The fourth-order valence-electron chi connectivity index (χ4n) is 1.02. The Morgan fingerprint density at radius 1 is 1.33 bits per heavy atom. The molecule has 0 radical (unpaired) electrons. The van der Waals surface area contributed by atoms with Gasteiger partial charge in [0.15, 0.2) is 0 Å². The Hall–Kier alpha value is -0.120. The van der Waals surface area contributed by atoms with Crippen LogP contribution in [0.2, 0.25) is 0 Å². The Bertz CT molecular complexity index is 87.1. The van der Waals surface area contributed by atoms with Gasteiger partial charge in [-0.15, -0.1) is 0 Å². The van der Waals surface area contributed by atoms with Gasteiger partial charge in [-0.2, -0.15) is 0 Å². The third-order valence-corrected chi connectivity index (χ3v) is 1.74. The Morgan fingerprint density at radius 3 is 2.11 bits per heavy atom. The molecule has 2 atom stereocenters. The fraction of sp³-hybridized carbons (Fsp3) is 1.00. The SMILES string of the molecule is C[C@@H]1COC[C@H](C)N1N. The second-order valence-electron chi connectivity index (χ2n) is 2.68. The Morgan fingerprint density at radius 2 is 1.78 bits per heavy atom. The van der Waals surface area contributed by atoms with Crippen molar-refractivity contribution >= 4 is 0 Å². The summed E-state index contributed by atoms with van der Waals surface area (Å²) in [6, 6.07) is 0.738. The van der Waals surface area contributed by atoms with Crippen LogP contribution in [0.25, 0.3) is 0 Å². The first-order chi connectivity index (χ1) is 4.22. The predicted molar refractivity (Wildman–Crippen MR) is 35.8 cm³/mol. The van der Waals surface area contributed by atoms with E-state index in [-0.39, 0.29) is 0 Å². The molecule has 1 rings (SSSR count). The molecular weight excluding hydrogens is 116 g/mol. The first-order valence-electron chi connectivity index (χ1n) is 3.32. The van der Waals surface area contributed by atoms with Crippen LogP contribution < -0.4 is 5.84 Å². The first kappa shape index (κ1) is 6.99. The van der Waals surface area contributed by atoms with Crippen molar-refractivity contribution in [3.63, 3.8) is 0 Å². The van der Waals surface area contributed by atoms with Crippen LogP contribution in [0.1, 0.15) is 13.8 Å². The molecule has 0 aliphatic carbocycles. The highest BCUT2D eigenvalue weighted by atomic mass is 16.5. The predicted octanol–water partition coefficient (Wildman–Crippen LogP) is -0.0307. The molecule has 0 unspecified atom stereocenters. The van der Waals surface area contributed by atoms with Gasteiger partial charge in [0, 0.05) is 12.1 Å². The van der Waals surface area contributed by atoms with Crippen molar-refractivity contribution in [1.29, 1.82) is 0 Å². The lowest BCUT2D eigenvalue weighted by atomic mass is 10.2. The second-order valence-corrected chi connectivity index (χ2v) is 2.68. The van der Waals surface area contributed by atoms with Crippen LogP contribution in [0.3, 0.4) is 0 Å². The Labute approximate surface area is 55.7 Å². The zero-order chi connectivity index (χ0) is 6.85. The minimum atomic E-state index is 0.369. The molecule has 9 heavy (non-hydrogen) atoms. The summed E-state index contributed by atoms with van der Waals surface area (Å²) in [6.45, 7) is 5.66. The van der Waals surface area contributed by atoms with Crippen molar-refractivity contribution in [3.8, 4) is 0 Å². The molecule has 0 saturated carbocycles. The Balaban J connectivity index is 2.41. The molecule has 0 bridgehead atoms. The van der Waals surface area contributed by atoms with Crippen LogP contribution in [0, 0.1) is 0 Å². The van der Waals surface area contributed by atoms with Gasteiger partial charge < -0.3 is 4.74 Å². The average Bonchev–Trinajstić information content (AvgIpc) is 1.83. The molecule has 54 valence electrons. The van der Waals surface area contributed by atoms with E-state index in [9.17, 15) is 0 Å². The molecule has 0 aromatic rings. The lowest BCUT2D eigenvalue weighted by Gasteiger charge is -2.34. The van der Waals surface area contributed by atoms with Crippen LogP contribution in [-0.4, -0.2) is 30.3 Å². The zero-order valence-corrected chi connectivity index (χ0v) is 6.00. The number of hydrogen-bond donors (Lipinski definition) is 1. The van der Waals surface area contributed by atoms with Gasteiger partial charge in [0.05, 0.1) is 13.2 Å². The third kappa shape index (κ3) is 1.41. The van der Waals surface area contributed by atoms with Crippen LogP contribution >= 0.6 is 0 Å². The summed E-state index contributed by atoms with van der Waals surface area (Å²) in [5.41, 5.74) is 0. The smallest absolute Gasteiger partial charge is 0.0633 e. The van der Waals surface area contributed by atoms with Gasteiger partial charge in [-0.3, -0.25) is 5.84 Å². The van der Waals surface area contributed by atoms with E-state index >= 15 is 0 Å². The molecular formula is C6H14N2O. The third-order valence-electron chi connectivity index (χ3n) is 1.74. The van der Waals surface area contributed by atoms with Gasteiger partial charge >= 0.3 is 0 Å². The maximum Gasteiger partial charge on any atom is 0.0633 e. The molecule has 1 aliphatic rings. The largest absolute Gasteiger partial charge is 0.378 e. The standard InChI is InChI=1S/C6H14N2O/c1-5-3-9-4-6(2)8(5)7/h5-6H,3-4,7H2,1-2H3/t5-,6+. The summed E-state index contributed by atoms with van der Waals surface area (Å²) in [4.78, 5) is 0. The average molecular weight is 130 g/mol. The van der Waals surface area contributed by atoms with Gasteiger partial charge in [0.2, 0.25) is 0 Å². The number of morpholine rings is 1. The van der Waals surface area contributed by atoms with E-state index in [2.05, 4.69) is 13.8 Å². The monoisotopic (exact) mass is 130 g/mol. The van der Waals surface area contributed by atoms with Crippen molar-refractivity contribution in [2.75, 3.05) is 13.2 Å². The van der Waals surface area contributed by atoms with Gasteiger partial charge in [0.25, 0.3) is 0 Å². The summed E-state index contributed by atoms with van der Waals surface area (Å²) < 4.78 is 5.24. The highest BCUT2D eigenvalue weighted by Gasteiger charge is 2.21. The van der Waals surface area contributed by atoms with Gasteiger partial charge in [0.1, 0.15) is 0 Å². The second kappa shape index (κ2) is 2.64. The van der Waals surface area contributed by atoms with Crippen molar-refractivity contribution in [2.45, 2.75) is 25.9 Å². The number of hydrogen-bond acceptors (Lipinski definition) is 3. The number of rotatable bonds is 0. The van der Waals surface area contributed by atoms with E-state index in [1.54, 1.807) is 0 Å². The number of ether oxygens (including phenoxy) is 1. The van der Waals surface area contributed by atoms with Gasteiger partial charge in [-0.1, -0.05) is 0 Å². The molecule has 1 saturated heterocycles. The molecule has 0 aromatic heterocycles. The lowest BCUT2D eigenvalue weighted by Crippen LogP contribution is -2.53. The van der Waals surface area contributed by atoms with E-state index in [4.69, 9.17) is 10.6 Å². The summed E-state index contributed by atoms with van der Waals surface area (Å²) in [6.07, 6.45) is 0. The molecule has 2 N–H and O–H groups in total. The molecule has 0 spiro atoms. The molecule has 3 heteroatoms. The summed E-state index contributed by atoms with van der Waals surface area (Å²) in [5, 5.41) is 1.85. The maximum absolute atomic E-state index is 5.68. The lowest BCUT2D eigenvalue weighted by molar-refractivity contribution is -0.0372. The van der Waals surface area contributed by atoms with Crippen molar-refractivity contribution in [2.24, 2.45) is 5.84 Å². The number of nitrogens with two attached hydrogens (primary N) is 1. The number of hydrazine groups is 1. The van der Waals surface area contributed by atoms with Gasteiger partial charge in [-0.05, 0) is 13.8 Å². The van der Waals surface area contributed by atoms with Gasteiger partial charge in [-0.25, -0.2) is 5.01 Å². The normalized spacial score (nSPS) is 39.0.